The minimum Gasteiger partial charge on any atom is -0.492 e. The molecule has 2 N–H and O–H groups in total. The molecule has 0 spiro atoms. The number of nitrogens with zero attached hydrogens (tertiary/aromatic N) is 1. The van der Waals surface area contributed by atoms with E-state index in [0.717, 1.165) is 17.5 Å². The van der Waals surface area contributed by atoms with Crippen molar-refractivity contribution in [3.05, 3.63) is 22.8 Å². The van der Waals surface area contributed by atoms with E-state index in [1.54, 1.807) is 26.5 Å². The third-order valence-corrected chi connectivity index (χ3v) is 3.22. The van der Waals surface area contributed by atoms with E-state index in [1.807, 2.05) is 6.92 Å². The molecule has 5 nitrogen and oxygen atoms in total. The Bertz CT molecular complexity index is 596. The molecule has 0 amide bonds. The van der Waals surface area contributed by atoms with Gasteiger partial charge < -0.3 is 19.7 Å². The molecule has 2 aromatic rings. The summed E-state index contributed by atoms with van der Waals surface area (Å²) < 4.78 is 15.6. The fourth-order valence-electron chi connectivity index (χ4n) is 2.10. The van der Waals surface area contributed by atoms with E-state index in [1.165, 1.54) is 0 Å². The monoisotopic (exact) mass is 282 g/mol. The van der Waals surface area contributed by atoms with Gasteiger partial charge in [0.05, 0.1) is 31.0 Å². The molecule has 1 heterocycles. The quantitative estimate of drug-likeness (QED) is 0.933. The fraction of sp³-hybridized carbons (Fsp3) is 0.308. The maximum atomic E-state index is 6.21. The molecular formula is C13H15ClN2O3. The molecule has 2 rings (SSSR count). The maximum absolute atomic E-state index is 6.21. The van der Waals surface area contributed by atoms with E-state index < -0.39 is 0 Å². The number of nitrogen functional groups attached to an aromatic ring is 1. The van der Waals surface area contributed by atoms with Crippen LogP contribution in [0.1, 0.15) is 12.5 Å². The number of hydrogen-bond donors (Lipinski definition) is 1. The van der Waals surface area contributed by atoms with Crippen molar-refractivity contribution in [3.8, 4) is 22.6 Å². The number of anilines is 1. The highest BCUT2D eigenvalue weighted by Gasteiger charge is 2.21. The van der Waals surface area contributed by atoms with Crippen LogP contribution < -0.4 is 15.2 Å². The number of halogens is 1. The Morgan fingerprint density at radius 2 is 1.95 bits per heavy atom. The zero-order valence-corrected chi connectivity index (χ0v) is 11.7. The molecule has 19 heavy (non-hydrogen) atoms. The van der Waals surface area contributed by atoms with Crippen LogP contribution in [0.3, 0.4) is 0 Å². The average molecular weight is 283 g/mol. The van der Waals surface area contributed by atoms with E-state index in [9.17, 15) is 0 Å². The second-order valence-electron chi connectivity index (χ2n) is 3.91. The summed E-state index contributed by atoms with van der Waals surface area (Å²) in [5.41, 5.74) is 8.24. The highest BCUT2D eigenvalue weighted by Crippen LogP contribution is 2.44. The first kappa shape index (κ1) is 13.5. The van der Waals surface area contributed by atoms with Crippen molar-refractivity contribution in [2.45, 2.75) is 13.3 Å². The lowest BCUT2D eigenvalue weighted by Gasteiger charge is -2.16. The van der Waals surface area contributed by atoms with Crippen LogP contribution in [0.5, 0.6) is 11.5 Å². The molecule has 1 aromatic heterocycles. The number of nitrogens with two attached hydrogens (primary N) is 1. The summed E-state index contributed by atoms with van der Waals surface area (Å²) in [5, 5.41) is 4.14. The topological polar surface area (TPSA) is 70.5 Å². The first-order valence-corrected chi connectivity index (χ1v) is 6.15. The lowest BCUT2D eigenvalue weighted by Crippen LogP contribution is -1.99. The molecule has 0 bridgehead atoms. The van der Waals surface area contributed by atoms with E-state index in [-0.39, 0.29) is 5.88 Å². The third kappa shape index (κ3) is 2.21. The van der Waals surface area contributed by atoms with Crippen LogP contribution in [0.25, 0.3) is 11.1 Å². The first-order valence-electron chi connectivity index (χ1n) is 5.77. The minimum atomic E-state index is 0.248. The zero-order valence-electron chi connectivity index (χ0n) is 11.0. The standard InChI is InChI=1S/C13H15ClN2O3/c1-4-7-8(9-6-16-19-13(9)15)5-10(14)12(18-3)11(7)17-2/h5-6H,4,15H2,1-3H3. The van der Waals surface area contributed by atoms with Crippen molar-refractivity contribution in [1.82, 2.24) is 5.16 Å². The molecule has 102 valence electrons. The number of hydrogen-bond acceptors (Lipinski definition) is 5. The summed E-state index contributed by atoms with van der Waals surface area (Å²) in [6, 6.07) is 1.78. The van der Waals surface area contributed by atoms with Gasteiger partial charge in [0, 0.05) is 5.56 Å². The van der Waals surface area contributed by atoms with Gasteiger partial charge in [-0.25, -0.2) is 0 Å². The van der Waals surface area contributed by atoms with Crippen molar-refractivity contribution < 1.29 is 14.0 Å². The molecule has 1 aromatic carbocycles. The van der Waals surface area contributed by atoms with Crippen LogP contribution in [0.15, 0.2) is 16.8 Å². The van der Waals surface area contributed by atoms with Crippen LogP contribution >= 0.6 is 11.6 Å². The van der Waals surface area contributed by atoms with Gasteiger partial charge in [0.25, 0.3) is 0 Å². The maximum Gasteiger partial charge on any atom is 0.229 e. The van der Waals surface area contributed by atoms with Gasteiger partial charge in [0.2, 0.25) is 5.88 Å². The molecule has 0 atom stereocenters. The molecule has 0 aliphatic heterocycles. The summed E-state index contributed by atoms with van der Waals surface area (Å²) in [4.78, 5) is 0. The normalized spacial score (nSPS) is 10.5. The number of methoxy groups -OCH3 is 2. The van der Waals surface area contributed by atoms with Crippen molar-refractivity contribution >= 4 is 17.5 Å². The fourth-order valence-corrected chi connectivity index (χ4v) is 2.37. The minimum absolute atomic E-state index is 0.248. The summed E-state index contributed by atoms with van der Waals surface area (Å²) in [7, 11) is 3.13. The molecule has 0 saturated carbocycles. The molecule has 0 unspecified atom stereocenters. The van der Waals surface area contributed by atoms with Crippen molar-refractivity contribution in [3.63, 3.8) is 0 Å². The molecule has 0 radical (unpaired) electrons. The van der Waals surface area contributed by atoms with E-state index in [0.29, 0.717) is 22.1 Å². The van der Waals surface area contributed by atoms with Gasteiger partial charge in [-0.1, -0.05) is 23.7 Å². The van der Waals surface area contributed by atoms with Crippen molar-refractivity contribution in [2.75, 3.05) is 20.0 Å². The molecule has 0 aliphatic carbocycles. The number of aromatic nitrogens is 1. The Morgan fingerprint density at radius 1 is 1.26 bits per heavy atom. The van der Waals surface area contributed by atoms with Gasteiger partial charge in [-0.05, 0) is 18.1 Å². The predicted octanol–water partition coefficient (Wildman–Crippen LogP) is 3.16. The van der Waals surface area contributed by atoms with Crippen LogP contribution in [0.2, 0.25) is 5.02 Å². The Morgan fingerprint density at radius 3 is 2.42 bits per heavy atom. The Balaban J connectivity index is 2.75. The summed E-state index contributed by atoms with van der Waals surface area (Å²) in [6.45, 7) is 2.01. The molecular weight excluding hydrogens is 268 g/mol. The summed E-state index contributed by atoms with van der Waals surface area (Å²) in [6.07, 6.45) is 2.29. The highest BCUT2D eigenvalue weighted by molar-refractivity contribution is 6.32. The number of ether oxygens (including phenoxy) is 2. The van der Waals surface area contributed by atoms with E-state index in [2.05, 4.69) is 5.16 Å². The van der Waals surface area contributed by atoms with Crippen LogP contribution in [0, 0.1) is 0 Å². The van der Waals surface area contributed by atoms with E-state index >= 15 is 0 Å². The zero-order chi connectivity index (χ0) is 14.0. The lowest BCUT2D eigenvalue weighted by molar-refractivity contribution is 0.352. The van der Waals surface area contributed by atoms with Crippen LogP contribution in [-0.4, -0.2) is 19.4 Å². The molecule has 0 fully saturated rings. The van der Waals surface area contributed by atoms with Crippen molar-refractivity contribution in [1.29, 1.82) is 0 Å². The summed E-state index contributed by atoms with van der Waals surface area (Å²) >= 11 is 6.21. The average Bonchev–Trinajstić information content (AvgIpc) is 2.83. The Kier molecular flexibility index (Phi) is 3.85. The first-order chi connectivity index (χ1) is 9.13. The smallest absolute Gasteiger partial charge is 0.229 e. The molecule has 6 heteroatoms. The van der Waals surface area contributed by atoms with E-state index in [4.69, 9.17) is 31.3 Å². The van der Waals surface area contributed by atoms with Gasteiger partial charge in [0.1, 0.15) is 0 Å². The second kappa shape index (κ2) is 5.40. The lowest BCUT2D eigenvalue weighted by atomic mass is 9.98. The van der Waals surface area contributed by atoms with Crippen LogP contribution in [0.4, 0.5) is 5.88 Å². The predicted molar refractivity (Wildman–Crippen MR) is 73.8 cm³/mol. The summed E-state index contributed by atoms with van der Waals surface area (Å²) in [5.74, 6) is 1.37. The Hall–Kier alpha value is -1.88. The van der Waals surface area contributed by atoms with Crippen LogP contribution in [-0.2, 0) is 6.42 Å². The molecule has 0 aliphatic rings. The second-order valence-corrected chi connectivity index (χ2v) is 4.32. The van der Waals surface area contributed by atoms with Gasteiger partial charge in [0.15, 0.2) is 11.5 Å². The van der Waals surface area contributed by atoms with Crippen molar-refractivity contribution in [2.24, 2.45) is 0 Å². The van der Waals surface area contributed by atoms with Gasteiger partial charge >= 0.3 is 0 Å². The van der Waals surface area contributed by atoms with Gasteiger partial charge in [-0.2, -0.15) is 0 Å². The SMILES string of the molecule is CCc1c(-c2cnoc2N)cc(Cl)c(OC)c1OC. The largest absolute Gasteiger partial charge is 0.492 e. The third-order valence-electron chi connectivity index (χ3n) is 2.94. The number of rotatable bonds is 4. The Labute approximate surface area is 116 Å². The highest BCUT2D eigenvalue weighted by atomic mass is 35.5. The van der Waals surface area contributed by atoms with Gasteiger partial charge in [-0.15, -0.1) is 0 Å². The molecule has 0 saturated heterocycles. The number of benzene rings is 1. The van der Waals surface area contributed by atoms with Gasteiger partial charge in [-0.3, -0.25) is 0 Å².